The van der Waals surface area contributed by atoms with Crippen LogP contribution in [0.3, 0.4) is 0 Å². The number of halogens is 3. The molecule has 1 aromatic carbocycles. The Morgan fingerprint density at radius 1 is 1.23 bits per heavy atom. The van der Waals surface area contributed by atoms with E-state index in [4.69, 9.17) is 9.47 Å². The summed E-state index contributed by atoms with van der Waals surface area (Å²) < 4.78 is 51.3. The molecule has 0 bridgehead atoms. The first-order valence-electron chi connectivity index (χ1n) is 8.02. The molecule has 0 radical (unpaired) electrons. The smallest absolute Gasteiger partial charge is 0.490 e. The molecule has 1 atom stereocenters. The van der Waals surface area contributed by atoms with E-state index in [1.54, 1.807) is 0 Å². The third kappa shape index (κ3) is 7.86. The number of alkyl carbamates (subject to hydrolysis) is 1. The van der Waals surface area contributed by atoms with E-state index in [1.165, 1.54) is 12.1 Å². The molecule has 0 aliphatic carbocycles. The first-order chi connectivity index (χ1) is 12.4. The fraction of sp³-hybridized carbons (Fsp3) is 0.562. The van der Waals surface area contributed by atoms with Crippen molar-refractivity contribution in [3.8, 4) is 11.5 Å². The molecule has 5 nitrogen and oxygen atoms in total. The van der Waals surface area contributed by atoms with Crippen molar-refractivity contribution in [1.29, 1.82) is 0 Å². The van der Waals surface area contributed by atoms with Gasteiger partial charge in [-0.2, -0.15) is 0 Å². The number of ether oxygens (including phenoxy) is 3. The third-order valence-corrected chi connectivity index (χ3v) is 6.36. The van der Waals surface area contributed by atoms with Gasteiger partial charge >= 0.3 is 12.5 Å². The normalized spacial score (nSPS) is 16.2. The van der Waals surface area contributed by atoms with Crippen molar-refractivity contribution in [2.24, 2.45) is 0 Å². The van der Waals surface area contributed by atoms with Gasteiger partial charge in [-0.3, -0.25) is 0 Å². The summed E-state index contributed by atoms with van der Waals surface area (Å²) in [5.41, 5.74) is 0. The number of alkyl halides is 3. The van der Waals surface area contributed by atoms with Gasteiger partial charge in [0.25, 0.3) is 0 Å². The molecule has 1 amide bonds. The van der Waals surface area contributed by atoms with Crippen molar-refractivity contribution in [3.63, 3.8) is 0 Å². The minimum Gasteiger partial charge on any atom is -0.490 e. The maximum atomic E-state index is 12.1. The summed E-state index contributed by atoms with van der Waals surface area (Å²) in [4.78, 5) is 11.8. The highest BCUT2D eigenvalue weighted by molar-refractivity contribution is 8.20. The first kappa shape index (κ1) is 20.9. The predicted molar refractivity (Wildman–Crippen MR) is 95.9 cm³/mol. The number of thioether (sulfide) groups is 2. The number of rotatable bonds is 8. The molecular weight excluding hydrogens is 391 g/mol. The Bertz CT molecular complexity index is 566. The fourth-order valence-corrected chi connectivity index (χ4v) is 4.71. The van der Waals surface area contributed by atoms with Gasteiger partial charge < -0.3 is 19.5 Å². The van der Waals surface area contributed by atoms with E-state index in [1.807, 2.05) is 30.4 Å². The van der Waals surface area contributed by atoms with Gasteiger partial charge in [0.2, 0.25) is 0 Å². The summed E-state index contributed by atoms with van der Waals surface area (Å²) in [5, 5.41) is 2.74. The van der Waals surface area contributed by atoms with E-state index >= 15 is 0 Å². The largest absolute Gasteiger partial charge is 0.573 e. The van der Waals surface area contributed by atoms with E-state index in [0.29, 0.717) is 23.3 Å². The fourth-order valence-electron chi connectivity index (χ4n) is 2.05. The number of benzene rings is 1. The van der Waals surface area contributed by atoms with Crippen LogP contribution in [0.2, 0.25) is 0 Å². The second-order valence-electron chi connectivity index (χ2n) is 5.32. The van der Waals surface area contributed by atoms with Crippen LogP contribution < -0.4 is 14.8 Å². The molecule has 1 aliphatic rings. The minimum atomic E-state index is -4.73. The predicted octanol–water partition coefficient (Wildman–Crippen LogP) is 4.27. The highest BCUT2D eigenvalue weighted by Gasteiger charge is 2.31. The van der Waals surface area contributed by atoms with Crippen LogP contribution in [0.1, 0.15) is 13.3 Å². The molecule has 1 aliphatic heterocycles. The summed E-state index contributed by atoms with van der Waals surface area (Å²) >= 11 is 3.62. The van der Waals surface area contributed by atoms with Gasteiger partial charge in [0.05, 0.1) is 4.58 Å². The lowest BCUT2D eigenvalue weighted by Gasteiger charge is -2.18. The van der Waals surface area contributed by atoms with Crippen LogP contribution in [-0.4, -0.2) is 47.8 Å². The Balaban J connectivity index is 1.72. The molecule has 1 aromatic rings. The molecule has 1 unspecified atom stereocenters. The van der Waals surface area contributed by atoms with Crippen molar-refractivity contribution in [3.05, 3.63) is 24.3 Å². The SMILES string of the molecule is CCC(COc1ccc(OC(F)(F)F)cc1)OC(=O)NCC1SCCS1. The molecule has 1 heterocycles. The van der Waals surface area contributed by atoms with E-state index in [9.17, 15) is 18.0 Å². The zero-order valence-electron chi connectivity index (χ0n) is 14.1. The van der Waals surface area contributed by atoms with Crippen molar-refractivity contribution >= 4 is 29.6 Å². The highest BCUT2D eigenvalue weighted by Crippen LogP contribution is 2.31. The third-order valence-electron chi connectivity index (χ3n) is 3.33. The number of hydrogen-bond donors (Lipinski definition) is 1. The van der Waals surface area contributed by atoms with Gasteiger partial charge in [0.15, 0.2) is 0 Å². The highest BCUT2D eigenvalue weighted by atomic mass is 32.2. The van der Waals surface area contributed by atoms with Crippen molar-refractivity contribution < 1.29 is 32.2 Å². The summed E-state index contributed by atoms with van der Waals surface area (Å²) in [6.45, 7) is 2.51. The molecule has 1 saturated heterocycles. The molecule has 26 heavy (non-hydrogen) atoms. The number of carbonyl (C=O) groups is 1. The van der Waals surface area contributed by atoms with E-state index in [2.05, 4.69) is 10.1 Å². The molecule has 0 saturated carbocycles. The van der Waals surface area contributed by atoms with Gasteiger partial charge in [0.1, 0.15) is 24.2 Å². The lowest BCUT2D eigenvalue weighted by Crippen LogP contribution is -2.34. The molecule has 2 rings (SSSR count). The quantitative estimate of drug-likeness (QED) is 0.689. The van der Waals surface area contributed by atoms with Crippen LogP contribution in [0, 0.1) is 0 Å². The lowest BCUT2D eigenvalue weighted by molar-refractivity contribution is -0.274. The standard InChI is InChI=1S/C16H20F3NO4S2/c1-2-11(23-15(21)20-9-14-25-7-8-26-14)10-22-12-3-5-13(6-4-12)24-16(17,18)19/h3-6,11,14H,2,7-10H2,1H3,(H,20,21). The van der Waals surface area contributed by atoms with Crippen LogP contribution >= 0.6 is 23.5 Å². The van der Waals surface area contributed by atoms with Crippen molar-refractivity contribution in [1.82, 2.24) is 5.32 Å². The van der Waals surface area contributed by atoms with E-state index < -0.39 is 18.6 Å². The van der Waals surface area contributed by atoms with Gasteiger partial charge in [-0.05, 0) is 30.7 Å². The van der Waals surface area contributed by atoms with Crippen LogP contribution in [0.25, 0.3) is 0 Å². The lowest BCUT2D eigenvalue weighted by atomic mass is 10.3. The summed E-state index contributed by atoms with van der Waals surface area (Å²) in [6, 6.07) is 5.05. The van der Waals surface area contributed by atoms with Crippen LogP contribution in [0.5, 0.6) is 11.5 Å². The molecule has 146 valence electrons. The molecular formula is C16H20F3NO4S2. The Morgan fingerprint density at radius 2 is 1.85 bits per heavy atom. The Labute approximate surface area is 158 Å². The molecule has 1 fully saturated rings. The average Bonchev–Trinajstić information content (AvgIpc) is 3.10. The zero-order valence-corrected chi connectivity index (χ0v) is 15.7. The van der Waals surface area contributed by atoms with E-state index in [0.717, 1.165) is 23.6 Å². The van der Waals surface area contributed by atoms with Crippen LogP contribution in [0.15, 0.2) is 24.3 Å². The maximum Gasteiger partial charge on any atom is 0.573 e. The second-order valence-corrected chi connectivity index (χ2v) is 8.24. The molecule has 10 heteroatoms. The number of hydrogen-bond acceptors (Lipinski definition) is 6. The monoisotopic (exact) mass is 411 g/mol. The van der Waals surface area contributed by atoms with Crippen molar-refractivity contribution in [2.75, 3.05) is 24.7 Å². The number of amides is 1. The Kier molecular flexibility index (Phi) is 8.08. The molecule has 0 aromatic heterocycles. The molecule has 0 spiro atoms. The Hall–Kier alpha value is -1.42. The summed E-state index contributed by atoms with van der Waals surface area (Å²) in [6.07, 6.45) is -5.13. The average molecular weight is 411 g/mol. The number of nitrogens with one attached hydrogen (secondary N) is 1. The van der Waals surface area contributed by atoms with Gasteiger partial charge in [-0.1, -0.05) is 6.92 Å². The zero-order chi connectivity index (χ0) is 19.0. The van der Waals surface area contributed by atoms with Gasteiger partial charge in [-0.25, -0.2) is 4.79 Å². The van der Waals surface area contributed by atoms with Crippen LogP contribution in [0.4, 0.5) is 18.0 Å². The Morgan fingerprint density at radius 3 is 2.42 bits per heavy atom. The summed E-state index contributed by atoms with van der Waals surface area (Å²) in [7, 11) is 0. The maximum absolute atomic E-state index is 12.1. The topological polar surface area (TPSA) is 56.8 Å². The van der Waals surface area contributed by atoms with Crippen LogP contribution in [-0.2, 0) is 4.74 Å². The first-order valence-corrected chi connectivity index (χ1v) is 10.1. The van der Waals surface area contributed by atoms with Gasteiger partial charge in [0, 0.05) is 18.1 Å². The van der Waals surface area contributed by atoms with E-state index in [-0.39, 0.29) is 12.4 Å². The molecule has 1 N–H and O–H groups in total. The minimum absolute atomic E-state index is 0.107. The second kappa shape index (κ2) is 10.1. The number of carbonyl (C=O) groups excluding carboxylic acids is 1. The summed E-state index contributed by atoms with van der Waals surface area (Å²) in [5.74, 6) is 2.21. The van der Waals surface area contributed by atoms with Gasteiger partial charge in [-0.15, -0.1) is 36.7 Å². The van der Waals surface area contributed by atoms with Crippen molar-refractivity contribution in [2.45, 2.75) is 30.4 Å².